The van der Waals surface area contributed by atoms with Crippen LogP contribution in [0.1, 0.15) is 23.5 Å². The molecular weight excluding hydrogens is 276 g/mol. The van der Waals surface area contributed by atoms with Gasteiger partial charge in [0.2, 0.25) is 0 Å². The molecule has 1 aliphatic heterocycles. The van der Waals surface area contributed by atoms with Gasteiger partial charge in [0.25, 0.3) is 5.91 Å². The Balaban J connectivity index is 1.94. The predicted octanol–water partition coefficient (Wildman–Crippen LogP) is 1.52. The van der Waals surface area contributed by atoms with Crippen LogP contribution in [-0.2, 0) is 4.74 Å². The van der Waals surface area contributed by atoms with E-state index in [1.807, 2.05) is 13.8 Å². The summed E-state index contributed by atoms with van der Waals surface area (Å²) in [7, 11) is 0. The Hall–Kier alpha value is -1.73. The SMILES string of the molecule is C[C@@H]1CN(C(=O)c2sc3nccnc3c2N)C[C@H](C)O1. The molecule has 0 aromatic carbocycles. The lowest BCUT2D eigenvalue weighted by atomic mass is 10.2. The Morgan fingerprint density at radius 1 is 1.35 bits per heavy atom. The molecule has 1 amide bonds. The number of carbonyl (C=O) groups excluding carboxylic acids is 1. The first-order chi connectivity index (χ1) is 9.56. The van der Waals surface area contributed by atoms with Gasteiger partial charge in [-0.1, -0.05) is 0 Å². The van der Waals surface area contributed by atoms with E-state index in [1.54, 1.807) is 17.3 Å². The van der Waals surface area contributed by atoms with Crippen LogP contribution in [0.2, 0.25) is 0 Å². The van der Waals surface area contributed by atoms with Gasteiger partial charge in [-0.2, -0.15) is 0 Å². The molecule has 1 saturated heterocycles. The van der Waals surface area contributed by atoms with Crippen LogP contribution in [0.5, 0.6) is 0 Å². The molecule has 0 aliphatic carbocycles. The van der Waals surface area contributed by atoms with Crippen LogP contribution in [-0.4, -0.2) is 46.1 Å². The Morgan fingerprint density at radius 2 is 2.00 bits per heavy atom. The van der Waals surface area contributed by atoms with Crippen molar-refractivity contribution in [1.29, 1.82) is 0 Å². The maximum Gasteiger partial charge on any atom is 0.266 e. The van der Waals surface area contributed by atoms with Gasteiger partial charge < -0.3 is 15.4 Å². The van der Waals surface area contributed by atoms with E-state index in [0.29, 0.717) is 34.0 Å². The second kappa shape index (κ2) is 4.99. The summed E-state index contributed by atoms with van der Waals surface area (Å²) < 4.78 is 5.65. The molecule has 7 heteroatoms. The second-order valence-electron chi connectivity index (χ2n) is 5.02. The monoisotopic (exact) mass is 292 g/mol. The van der Waals surface area contributed by atoms with Crippen LogP contribution in [0, 0.1) is 0 Å². The van der Waals surface area contributed by atoms with E-state index in [1.165, 1.54) is 11.3 Å². The molecule has 0 bridgehead atoms. The standard InChI is InChI=1S/C13H16N4O2S/c1-7-5-17(6-8(2)19-7)13(18)11-9(14)10-12(20-11)16-4-3-15-10/h3-4,7-8H,5-6,14H2,1-2H3/t7-,8+. The summed E-state index contributed by atoms with van der Waals surface area (Å²) in [5, 5.41) is 0. The molecule has 2 aromatic heterocycles. The third-order valence-corrected chi connectivity index (χ3v) is 4.35. The van der Waals surface area contributed by atoms with Crippen molar-refractivity contribution in [2.75, 3.05) is 18.8 Å². The minimum absolute atomic E-state index is 0.0366. The van der Waals surface area contributed by atoms with Crippen molar-refractivity contribution in [2.24, 2.45) is 0 Å². The van der Waals surface area contributed by atoms with Crippen molar-refractivity contribution in [3.05, 3.63) is 17.3 Å². The van der Waals surface area contributed by atoms with Crippen molar-refractivity contribution in [1.82, 2.24) is 14.9 Å². The van der Waals surface area contributed by atoms with E-state index in [0.717, 1.165) is 0 Å². The maximum absolute atomic E-state index is 12.6. The number of morpholine rings is 1. The molecule has 2 N–H and O–H groups in total. The Kier molecular flexibility index (Phi) is 3.31. The Labute approximate surface area is 120 Å². The van der Waals surface area contributed by atoms with Crippen molar-refractivity contribution in [2.45, 2.75) is 26.1 Å². The summed E-state index contributed by atoms with van der Waals surface area (Å²) >= 11 is 1.30. The van der Waals surface area contributed by atoms with E-state index in [2.05, 4.69) is 9.97 Å². The number of amides is 1. The van der Waals surface area contributed by atoms with E-state index in [9.17, 15) is 4.79 Å². The van der Waals surface area contributed by atoms with Gasteiger partial charge in [-0.15, -0.1) is 11.3 Å². The van der Waals surface area contributed by atoms with Crippen molar-refractivity contribution >= 4 is 33.3 Å². The number of nitrogens with zero attached hydrogens (tertiary/aromatic N) is 3. The zero-order valence-electron chi connectivity index (χ0n) is 11.4. The number of aromatic nitrogens is 2. The Morgan fingerprint density at radius 3 is 2.65 bits per heavy atom. The molecule has 0 unspecified atom stereocenters. The fourth-order valence-electron chi connectivity index (χ4n) is 2.49. The fraction of sp³-hybridized carbons (Fsp3) is 0.462. The van der Waals surface area contributed by atoms with Gasteiger partial charge in [0, 0.05) is 25.5 Å². The number of ether oxygens (including phenoxy) is 1. The molecule has 6 nitrogen and oxygen atoms in total. The van der Waals surface area contributed by atoms with Crippen LogP contribution < -0.4 is 5.73 Å². The molecule has 3 heterocycles. The molecule has 106 valence electrons. The van der Waals surface area contributed by atoms with Gasteiger partial charge in [-0.05, 0) is 13.8 Å². The topological polar surface area (TPSA) is 81.3 Å². The third kappa shape index (κ3) is 2.23. The molecular formula is C13H16N4O2S. The summed E-state index contributed by atoms with van der Waals surface area (Å²) in [4.78, 5) is 24.0. The first kappa shape index (κ1) is 13.3. The number of anilines is 1. The highest BCUT2D eigenvalue weighted by molar-refractivity contribution is 7.21. The summed E-state index contributed by atoms with van der Waals surface area (Å²) in [6.45, 7) is 5.09. The molecule has 2 aromatic rings. The number of nitrogens with two attached hydrogens (primary N) is 1. The fourth-order valence-corrected chi connectivity index (χ4v) is 3.48. The van der Waals surface area contributed by atoms with Crippen molar-refractivity contribution in [3.63, 3.8) is 0 Å². The first-order valence-corrected chi connectivity index (χ1v) is 7.31. The maximum atomic E-state index is 12.6. The summed E-state index contributed by atoms with van der Waals surface area (Å²) in [6.07, 6.45) is 3.26. The first-order valence-electron chi connectivity index (χ1n) is 6.50. The van der Waals surface area contributed by atoms with Gasteiger partial charge in [0.15, 0.2) is 0 Å². The van der Waals surface area contributed by atoms with E-state index in [-0.39, 0.29) is 18.1 Å². The van der Waals surface area contributed by atoms with Crippen LogP contribution in [0.4, 0.5) is 5.69 Å². The van der Waals surface area contributed by atoms with Gasteiger partial charge in [-0.25, -0.2) is 9.97 Å². The van der Waals surface area contributed by atoms with Gasteiger partial charge in [0.1, 0.15) is 15.2 Å². The molecule has 2 atom stereocenters. The lowest BCUT2D eigenvalue weighted by Gasteiger charge is -2.35. The smallest absolute Gasteiger partial charge is 0.266 e. The summed E-state index contributed by atoms with van der Waals surface area (Å²) in [5.74, 6) is -0.0608. The zero-order chi connectivity index (χ0) is 14.3. The number of hydrogen-bond acceptors (Lipinski definition) is 6. The third-order valence-electron chi connectivity index (χ3n) is 3.26. The van der Waals surface area contributed by atoms with E-state index < -0.39 is 0 Å². The highest BCUT2D eigenvalue weighted by atomic mass is 32.1. The summed E-state index contributed by atoms with van der Waals surface area (Å²) in [6, 6.07) is 0. The largest absolute Gasteiger partial charge is 0.396 e. The quantitative estimate of drug-likeness (QED) is 0.862. The average molecular weight is 292 g/mol. The molecule has 1 fully saturated rings. The second-order valence-corrected chi connectivity index (χ2v) is 6.02. The number of nitrogen functional groups attached to an aromatic ring is 1. The molecule has 1 aliphatic rings. The van der Waals surface area contributed by atoms with Crippen LogP contribution in [0.25, 0.3) is 10.3 Å². The molecule has 0 saturated carbocycles. The van der Waals surface area contributed by atoms with Crippen molar-refractivity contribution < 1.29 is 9.53 Å². The van der Waals surface area contributed by atoms with Crippen molar-refractivity contribution in [3.8, 4) is 0 Å². The number of thiophene rings is 1. The predicted molar refractivity (Wildman–Crippen MR) is 77.7 cm³/mol. The van der Waals surface area contributed by atoms with Crippen LogP contribution in [0.15, 0.2) is 12.4 Å². The molecule has 0 radical (unpaired) electrons. The highest BCUT2D eigenvalue weighted by Crippen LogP contribution is 2.32. The number of rotatable bonds is 1. The lowest BCUT2D eigenvalue weighted by molar-refractivity contribution is -0.0584. The number of fused-ring (bicyclic) bond motifs is 1. The average Bonchev–Trinajstić information content (AvgIpc) is 2.75. The zero-order valence-corrected chi connectivity index (χ0v) is 12.2. The van der Waals surface area contributed by atoms with E-state index in [4.69, 9.17) is 10.5 Å². The highest BCUT2D eigenvalue weighted by Gasteiger charge is 2.29. The number of hydrogen-bond donors (Lipinski definition) is 1. The molecule has 20 heavy (non-hydrogen) atoms. The molecule has 0 spiro atoms. The van der Waals surface area contributed by atoms with Gasteiger partial charge >= 0.3 is 0 Å². The number of carbonyl (C=O) groups is 1. The summed E-state index contributed by atoms with van der Waals surface area (Å²) in [5.41, 5.74) is 7.08. The minimum atomic E-state index is -0.0608. The van der Waals surface area contributed by atoms with Gasteiger partial charge in [-0.3, -0.25) is 4.79 Å². The molecule has 3 rings (SSSR count). The van der Waals surface area contributed by atoms with E-state index >= 15 is 0 Å². The minimum Gasteiger partial charge on any atom is -0.396 e. The van der Waals surface area contributed by atoms with Gasteiger partial charge in [0.05, 0.1) is 17.9 Å². The van der Waals surface area contributed by atoms with Crippen LogP contribution >= 0.6 is 11.3 Å². The Bertz CT molecular complexity index is 647. The van der Waals surface area contributed by atoms with Crippen LogP contribution in [0.3, 0.4) is 0 Å². The normalized spacial score (nSPS) is 23.2. The lowest BCUT2D eigenvalue weighted by Crippen LogP contribution is -2.48.